The van der Waals surface area contributed by atoms with Crippen LogP contribution in [0.5, 0.6) is 5.75 Å². The summed E-state index contributed by atoms with van der Waals surface area (Å²) in [4.78, 5) is 28.3. The summed E-state index contributed by atoms with van der Waals surface area (Å²) in [6.45, 7) is 3.75. The van der Waals surface area contributed by atoms with Gasteiger partial charge in [-0.05, 0) is 49.2 Å². The minimum atomic E-state index is -0.447. The average Bonchev–Trinajstić information content (AvgIpc) is 3.01. The zero-order valence-corrected chi connectivity index (χ0v) is 18.2. The molecule has 0 aliphatic carbocycles. The Bertz CT molecular complexity index is 1220. The molecule has 0 aromatic heterocycles. The van der Waals surface area contributed by atoms with Crippen LogP contribution in [0.15, 0.2) is 72.4 Å². The van der Waals surface area contributed by atoms with Gasteiger partial charge in [0.2, 0.25) is 0 Å². The summed E-state index contributed by atoms with van der Waals surface area (Å²) >= 11 is 6.27. The fourth-order valence-corrected chi connectivity index (χ4v) is 3.74. The van der Waals surface area contributed by atoms with Crippen LogP contribution in [-0.4, -0.2) is 18.9 Å². The first kappa shape index (κ1) is 20.7. The molecule has 0 bridgehead atoms. The Morgan fingerprint density at radius 2 is 1.58 bits per heavy atom. The smallest absolute Gasteiger partial charge is 0.282 e. The van der Waals surface area contributed by atoms with E-state index in [-0.39, 0.29) is 5.70 Å². The van der Waals surface area contributed by atoms with E-state index in [1.807, 2.05) is 43.3 Å². The van der Waals surface area contributed by atoms with Gasteiger partial charge in [0.25, 0.3) is 11.8 Å². The standard InChI is InChI=1S/C25H21ClN2O3/c1-15-11-13-17(14-12-15)22-23(27-19-8-4-5-10-21(19)31-3)25(30)28(24(22)29)20-9-6-7-18(26)16(20)2/h4-14,27H,1-3H3. The molecular weight excluding hydrogens is 412 g/mol. The van der Waals surface area contributed by atoms with Gasteiger partial charge in [0.1, 0.15) is 11.4 Å². The Balaban J connectivity index is 1.87. The average molecular weight is 433 g/mol. The summed E-state index contributed by atoms with van der Waals surface area (Å²) in [5, 5.41) is 3.63. The van der Waals surface area contributed by atoms with Gasteiger partial charge >= 0.3 is 0 Å². The van der Waals surface area contributed by atoms with Crippen molar-refractivity contribution < 1.29 is 14.3 Å². The number of aryl methyl sites for hydroxylation is 1. The molecule has 1 N–H and O–H groups in total. The maximum absolute atomic E-state index is 13.6. The lowest BCUT2D eigenvalue weighted by Crippen LogP contribution is -2.33. The van der Waals surface area contributed by atoms with Crippen molar-refractivity contribution >= 4 is 40.4 Å². The van der Waals surface area contributed by atoms with Crippen molar-refractivity contribution in [3.63, 3.8) is 0 Å². The number of methoxy groups -OCH3 is 1. The van der Waals surface area contributed by atoms with Crippen LogP contribution in [0.25, 0.3) is 5.57 Å². The van der Waals surface area contributed by atoms with Gasteiger partial charge in [-0.3, -0.25) is 9.59 Å². The van der Waals surface area contributed by atoms with Crippen molar-refractivity contribution in [3.05, 3.63) is 94.1 Å². The molecule has 0 spiro atoms. The number of rotatable bonds is 5. The molecule has 0 saturated carbocycles. The van der Waals surface area contributed by atoms with E-state index in [1.165, 1.54) is 4.90 Å². The molecule has 0 fully saturated rings. The normalized spacial score (nSPS) is 13.7. The Morgan fingerprint density at radius 3 is 2.29 bits per heavy atom. The molecule has 0 unspecified atom stereocenters. The number of ether oxygens (including phenoxy) is 1. The third-order valence-electron chi connectivity index (χ3n) is 5.27. The summed E-state index contributed by atoms with van der Waals surface area (Å²) in [7, 11) is 1.55. The van der Waals surface area contributed by atoms with E-state index < -0.39 is 11.8 Å². The van der Waals surface area contributed by atoms with E-state index in [9.17, 15) is 9.59 Å². The summed E-state index contributed by atoms with van der Waals surface area (Å²) in [6.07, 6.45) is 0. The number of hydrogen-bond acceptors (Lipinski definition) is 4. The summed E-state index contributed by atoms with van der Waals surface area (Å²) < 4.78 is 5.41. The molecule has 0 saturated heterocycles. The van der Waals surface area contributed by atoms with Gasteiger partial charge < -0.3 is 10.1 Å². The van der Waals surface area contributed by atoms with Crippen molar-refractivity contribution in [3.8, 4) is 5.75 Å². The van der Waals surface area contributed by atoms with Crippen molar-refractivity contribution in [1.82, 2.24) is 0 Å². The third kappa shape index (κ3) is 3.68. The van der Waals surface area contributed by atoms with Gasteiger partial charge in [0, 0.05) is 5.02 Å². The monoisotopic (exact) mass is 432 g/mol. The number of carbonyl (C=O) groups excluding carboxylic acids is 2. The van der Waals surface area contributed by atoms with E-state index in [4.69, 9.17) is 16.3 Å². The lowest BCUT2D eigenvalue weighted by Gasteiger charge is -2.18. The molecule has 4 rings (SSSR count). The van der Waals surface area contributed by atoms with Crippen LogP contribution in [0.4, 0.5) is 11.4 Å². The van der Waals surface area contributed by atoms with Gasteiger partial charge in [0.05, 0.1) is 24.1 Å². The summed E-state index contributed by atoms with van der Waals surface area (Å²) in [6, 6.07) is 19.9. The first-order valence-electron chi connectivity index (χ1n) is 9.77. The molecule has 1 heterocycles. The number of para-hydroxylation sites is 2. The van der Waals surface area contributed by atoms with Gasteiger partial charge in [0.15, 0.2) is 0 Å². The van der Waals surface area contributed by atoms with Gasteiger partial charge in [-0.2, -0.15) is 0 Å². The molecule has 1 aliphatic heterocycles. The first-order valence-corrected chi connectivity index (χ1v) is 10.2. The molecule has 6 heteroatoms. The predicted octanol–water partition coefficient (Wildman–Crippen LogP) is 5.36. The molecule has 0 radical (unpaired) electrons. The van der Waals surface area contributed by atoms with Crippen LogP contribution in [0, 0.1) is 13.8 Å². The predicted molar refractivity (Wildman–Crippen MR) is 123 cm³/mol. The van der Waals surface area contributed by atoms with Crippen LogP contribution < -0.4 is 15.0 Å². The number of anilines is 2. The fraction of sp³-hybridized carbons (Fsp3) is 0.120. The molecule has 3 aromatic rings. The summed E-state index contributed by atoms with van der Waals surface area (Å²) in [5.41, 5.74) is 3.92. The van der Waals surface area contributed by atoms with E-state index >= 15 is 0 Å². The lowest BCUT2D eigenvalue weighted by atomic mass is 10.0. The van der Waals surface area contributed by atoms with E-state index in [0.717, 1.165) is 5.56 Å². The second-order valence-electron chi connectivity index (χ2n) is 7.27. The zero-order valence-electron chi connectivity index (χ0n) is 17.4. The number of amides is 2. The topological polar surface area (TPSA) is 58.6 Å². The zero-order chi connectivity index (χ0) is 22.1. The first-order chi connectivity index (χ1) is 14.9. The number of nitrogens with one attached hydrogen (secondary N) is 1. The number of hydrogen-bond donors (Lipinski definition) is 1. The van der Waals surface area contributed by atoms with Crippen LogP contribution in [0.3, 0.4) is 0 Å². The van der Waals surface area contributed by atoms with E-state index in [2.05, 4.69) is 5.32 Å². The summed E-state index contributed by atoms with van der Waals surface area (Å²) in [5.74, 6) is -0.288. The van der Waals surface area contributed by atoms with Gasteiger partial charge in [-0.15, -0.1) is 0 Å². The quantitative estimate of drug-likeness (QED) is 0.551. The van der Waals surface area contributed by atoms with Gasteiger partial charge in [-0.25, -0.2) is 4.90 Å². The molecule has 2 amide bonds. The van der Waals surface area contributed by atoms with Crippen molar-refractivity contribution in [2.24, 2.45) is 0 Å². The molecule has 0 atom stereocenters. The van der Waals surface area contributed by atoms with Crippen molar-refractivity contribution in [2.75, 3.05) is 17.3 Å². The highest BCUT2D eigenvalue weighted by molar-refractivity contribution is 6.46. The number of halogens is 1. The van der Waals surface area contributed by atoms with E-state index in [1.54, 1.807) is 44.4 Å². The lowest BCUT2D eigenvalue weighted by molar-refractivity contribution is -0.120. The highest BCUT2D eigenvalue weighted by Gasteiger charge is 2.41. The van der Waals surface area contributed by atoms with Crippen molar-refractivity contribution in [1.29, 1.82) is 0 Å². The number of carbonyl (C=O) groups is 2. The fourth-order valence-electron chi connectivity index (χ4n) is 3.57. The molecule has 31 heavy (non-hydrogen) atoms. The third-order valence-corrected chi connectivity index (χ3v) is 5.68. The maximum atomic E-state index is 13.6. The van der Waals surface area contributed by atoms with Gasteiger partial charge in [-0.1, -0.05) is 59.6 Å². The SMILES string of the molecule is COc1ccccc1NC1=C(c2ccc(C)cc2)C(=O)N(c2cccc(Cl)c2C)C1=O. The van der Waals surface area contributed by atoms with Crippen molar-refractivity contribution in [2.45, 2.75) is 13.8 Å². The number of benzene rings is 3. The molecule has 3 aromatic carbocycles. The minimum Gasteiger partial charge on any atom is -0.495 e. The Hall–Kier alpha value is -3.57. The minimum absolute atomic E-state index is 0.192. The Morgan fingerprint density at radius 1 is 0.871 bits per heavy atom. The van der Waals surface area contributed by atoms with E-state index in [0.29, 0.717) is 38.8 Å². The largest absolute Gasteiger partial charge is 0.495 e. The van der Waals surface area contributed by atoms with Crippen LogP contribution >= 0.6 is 11.6 Å². The highest BCUT2D eigenvalue weighted by Crippen LogP contribution is 2.37. The molecule has 5 nitrogen and oxygen atoms in total. The number of imide groups is 1. The molecule has 1 aliphatic rings. The van der Waals surface area contributed by atoms with Crippen LogP contribution in [0.2, 0.25) is 5.02 Å². The molecular formula is C25H21ClN2O3. The Labute approximate surface area is 185 Å². The highest BCUT2D eigenvalue weighted by atomic mass is 35.5. The maximum Gasteiger partial charge on any atom is 0.282 e. The molecule has 156 valence electrons. The Kier molecular flexibility index (Phi) is 5.53. The number of nitrogens with zero attached hydrogens (tertiary/aromatic N) is 1. The second kappa shape index (κ2) is 8.28. The second-order valence-corrected chi connectivity index (χ2v) is 7.68. The van der Waals surface area contributed by atoms with Crippen LogP contribution in [0.1, 0.15) is 16.7 Å². The van der Waals surface area contributed by atoms with Crippen LogP contribution in [-0.2, 0) is 9.59 Å².